The highest BCUT2D eigenvalue weighted by atomic mass is 15.3. The molecule has 1 aromatic heterocycles. The first-order valence-electron chi connectivity index (χ1n) is 7.17. The van der Waals surface area contributed by atoms with E-state index in [0.717, 1.165) is 18.2 Å². The Hall–Kier alpha value is -0.830. The van der Waals surface area contributed by atoms with Crippen molar-refractivity contribution in [3.05, 3.63) is 18.0 Å². The molecule has 0 radical (unpaired) electrons. The molecule has 1 N–H and O–H groups in total. The molecule has 0 spiro atoms. The van der Waals surface area contributed by atoms with E-state index in [0.29, 0.717) is 11.5 Å². The molecule has 1 aliphatic carbocycles. The molecule has 18 heavy (non-hydrogen) atoms. The van der Waals surface area contributed by atoms with Gasteiger partial charge in [-0.3, -0.25) is 4.68 Å². The predicted molar refractivity (Wildman–Crippen MR) is 75.2 cm³/mol. The second kappa shape index (κ2) is 5.43. The molecular formula is C15H27N3. The fourth-order valence-corrected chi connectivity index (χ4v) is 2.97. The van der Waals surface area contributed by atoms with Gasteiger partial charge in [0.05, 0.1) is 5.69 Å². The lowest BCUT2D eigenvalue weighted by atomic mass is 9.71. The van der Waals surface area contributed by atoms with E-state index in [1.54, 1.807) is 0 Å². The lowest BCUT2D eigenvalue weighted by molar-refractivity contribution is 0.159. The van der Waals surface area contributed by atoms with Crippen LogP contribution in [0.4, 0.5) is 0 Å². The van der Waals surface area contributed by atoms with Gasteiger partial charge in [0.15, 0.2) is 0 Å². The zero-order valence-electron chi connectivity index (χ0n) is 12.2. The zero-order chi connectivity index (χ0) is 13.2. The van der Waals surface area contributed by atoms with Crippen molar-refractivity contribution < 1.29 is 0 Å². The molecule has 0 atom stereocenters. The Balaban J connectivity index is 1.74. The summed E-state index contributed by atoms with van der Waals surface area (Å²) in [4.78, 5) is 0. The molecular weight excluding hydrogens is 222 g/mol. The molecule has 1 fully saturated rings. The molecule has 0 unspecified atom stereocenters. The van der Waals surface area contributed by atoms with Crippen molar-refractivity contribution in [2.24, 2.45) is 18.4 Å². The van der Waals surface area contributed by atoms with Crippen LogP contribution in [0.2, 0.25) is 0 Å². The first kappa shape index (κ1) is 13.6. The van der Waals surface area contributed by atoms with E-state index in [1.165, 1.54) is 25.7 Å². The summed E-state index contributed by atoms with van der Waals surface area (Å²) >= 11 is 0. The van der Waals surface area contributed by atoms with E-state index in [2.05, 4.69) is 37.3 Å². The van der Waals surface area contributed by atoms with E-state index >= 15 is 0 Å². The third-order valence-electron chi connectivity index (χ3n) is 4.29. The SMILES string of the molecule is Cn1ccc(CNC2CCC(C(C)(C)C)CC2)n1. The van der Waals surface area contributed by atoms with E-state index in [-0.39, 0.29) is 0 Å². The van der Waals surface area contributed by atoms with Gasteiger partial charge in [-0.25, -0.2) is 0 Å². The van der Waals surface area contributed by atoms with Crippen LogP contribution >= 0.6 is 0 Å². The van der Waals surface area contributed by atoms with Gasteiger partial charge >= 0.3 is 0 Å². The van der Waals surface area contributed by atoms with Gasteiger partial charge in [-0.05, 0) is 43.1 Å². The number of aryl methyl sites for hydroxylation is 1. The molecule has 1 saturated carbocycles. The summed E-state index contributed by atoms with van der Waals surface area (Å²) in [6.07, 6.45) is 7.36. The van der Waals surface area contributed by atoms with E-state index in [4.69, 9.17) is 0 Å². The molecule has 2 rings (SSSR count). The Morgan fingerprint density at radius 2 is 1.94 bits per heavy atom. The molecule has 0 amide bonds. The molecule has 3 heteroatoms. The molecule has 0 saturated heterocycles. The third kappa shape index (κ3) is 3.58. The highest BCUT2D eigenvalue weighted by molar-refractivity contribution is 4.98. The summed E-state index contributed by atoms with van der Waals surface area (Å²) in [6, 6.07) is 2.78. The molecule has 0 bridgehead atoms. The lowest BCUT2D eigenvalue weighted by Crippen LogP contribution is -2.35. The van der Waals surface area contributed by atoms with Gasteiger partial charge < -0.3 is 5.32 Å². The summed E-state index contributed by atoms with van der Waals surface area (Å²) < 4.78 is 1.87. The maximum absolute atomic E-state index is 4.40. The van der Waals surface area contributed by atoms with Crippen molar-refractivity contribution in [3.63, 3.8) is 0 Å². The first-order valence-corrected chi connectivity index (χ1v) is 7.17. The Kier molecular flexibility index (Phi) is 4.10. The van der Waals surface area contributed by atoms with Crippen molar-refractivity contribution in [1.29, 1.82) is 0 Å². The van der Waals surface area contributed by atoms with Gasteiger partial charge in [-0.1, -0.05) is 20.8 Å². The maximum atomic E-state index is 4.40. The van der Waals surface area contributed by atoms with Crippen LogP contribution in [0.1, 0.15) is 52.1 Å². The van der Waals surface area contributed by atoms with Crippen LogP contribution in [0.5, 0.6) is 0 Å². The van der Waals surface area contributed by atoms with Crippen LogP contribution in [-0.2, 0) is 13.6 Å². The monoisotopic (exact) mass is 249 g/mol. The second-order valence-corrected chi connectivity index (χ2v) is 6.78. The molecule has 0 aromatic carbocycles. The lowest BCUT2D eigenvalue weighted by Gasteiger charge is -2.37. The number of rotatable bonds is 3. The van der Waals surface area contributed by atoms with Crippen LogP contribution in [-0.4, -0.2) is 15.8 Å². The normalized spacial score (nSPS) is 25.3. The maximum Gasteiger partial charge on any atom is 0.0762 e. The number of hydrogen-bond acceptors (Lipinski definition) is 2. The van der Waals surface area contributed by atoms with E-state index < -0.39 is 0 Å². The fourth-order valence-electron chi connectivity index (χ4n) is 2.97. The molecule has 0 aliphatic heterocycles. The summed E-state index contributed by atoms with van der Waals surface area (Å²) in [5.74, 6) is 0.894. The van der Waals surface area contributed by atoms with Crippen LogP contribution < -0.4 is 5.32 Å². The van der Waals surface area contributed by atoms with Crippen LogP contribution in [0.25, 0.3) is 0 Å². The van der Waals surface area contributed by atoms with Crippen LogP contribution in [0, 0.1) is 11.3 Å². The molecule has 102 valence electrons. The Bertz CT molecular complexity index is 367. The number of nitrogens with one attached hydrogen (secondary N) is 1. The van der Waals surface area contributed by atoms with Crippen LogP contribution in [0.3, 0.4) is 0 Å². The molecule has 1 heterocycles. The summed E-state index contributed by atoms with van der Waals surface area (Å²) in [5.41, 5.74) is 1.63. The Morgan fingerprint density at radius 1 is 1.28 bits per heavy atom. The highest BCUT2D eigenvalue weighted by Crippen LogP contribution is 2.37. The second-order valence-electron chi connectivity index (χ2n) is 6.78. The van der Waals surface area contributed by atoms with Crippen molar-refractivity contribution in [2.75, 3.05) is 0 Å². The average molecular weight is 249 g/mol. The van der Waals surface area contributed by atoms with Gasteiger partial charge in [-0.15, -0.1) is 0 Å². The summed E-state index contributed by atoms with van der Waals surface area (Å²) in [7, 11) is 1.97. The standard InChI is InChI=1S/C15H27N3/c1-15(2,3)12-5-7-13(8-6-12)16-11-14-9-10-18(4)17-14/h9-10,12-13,16H,5-8,11H2,1-4H3. The minimum Gasteiger partial charge on any atom is -0.308 e. The topological polar surface area (TPSA) is 29.9 Å². The number of aromatic nitrogens is 2. The van der Waals surface area contributed by atoms with Crippen molar-refractivity contribution in [3.8, 4) is 0 Å². The van der Waals surface area contributed by atoms with Crippen molar-refractivity contribution in [1.82, 2.24) is 15.1 Å². The van der Waals surface area contributed by atoms with Gasteiger partial charge in [0.25, 0.3) is 0 Å². The van der Waals surface area contributed by atoms with E-state index in [9.17, 15) is 0 Å². The fraction of sp³-hybridized carbons (Fsp3) is 0.800. The quantitative estimate of drug-likeness (QED) is 0.892. The molecule has 3 nitrogen and oxygen atoms in total. The zero-order valence-corrected chi connectivity index (χ0v) is 12.2. The number of hydrogen-bond donors (Lipinski definition) is 1. The average Bonchev–Trinajstić information content (AvgIpc) is 2.72. The smallest absolute Gasteiger partial charge is 0.0762 e. The van der Waals surface area contributed by atoms with Crippen molar-refractivity contribution >= 4 is 0 Å². The molecule has 1 aliphatic rings. The number of nitrogens with zero attached hydrogens (tertiary/aromatic N) is 2. The third-order valence-corrected chi connectivity index (χ3v) is 4.29. The minimum atomic E-state index is 0.478. The largest absolute Gasteiger partial charge is 0.308 e. The Labute approximate surface area is 111 Å². The minimum absolute atomic E-state index is 0.478. The van der Waals surface area contributed by atoms with Crippen molar-refractivity contribution in [2.45, 2.75) is 59.0 Å². The molecule has 1 aromatic rings. The predicted octanol–water partition coefficient (Wildman–Crippen LogP) is 3.11. The van der Waals surface area contributed by atoms with Gasteiger partial charge in [0, 0.05) is 25.8 Å². The Morgan fingerprint density at radius 3 is 2.44 bits per heavy atom. The summed E-state index contributed by atoms with van der Waals surface area (Å²) in [5, 5.41) is 8.05. The first-order chi connectivity index (χ1) is 8.45. The van der Waals surface area contributed by atoms with Gasteiger partial charge in [0.1, 0.15) is 0 Å². The summed E-state index contributed by atoms with van der Waals surface area (Å²) in [6.45, 7) is 8.03. The van der Waals surface area contributed by atoms with Gasteiger partial charge in [0.2, 0.25) is 0 Å². The van der Waals surface area contributed by atoms with E-state index in [1.807, 2.05) is 17.9 Å². The highest BCUT2D eigenvalue weighted by Gasteiger charge is 2.29. The van der Waals surface area contributed by atoms with Crippen LogP contribution in [0.15, 0.2) is 12.3 Å². The van der Waals surface area contributed by atoms with Gasteiger partial charge in [-0.2, -0.15) is 5.10 Å².